The maximum absolute atomic E-state index is 12.9. The van der Waals surface area contributed by atoms with Gasteiger partial charge >= 0.3 is 6.03 Å². The molecule has 1 aliphatic heterocycles. The topological polar surface area (TPSA) is 61.4 Å². The molecule has 2 N–H and O–H groups in total. The van der Waals surface area contributed by atoms with Gasteiger partial charge in [-0.2, -0.15) is 0 Å². The normalized spacial score (nSPS) is 18.2. The molecule has 0 saturated carbocycles. The lowest BCUT2D eigenvalue weighted by Crippen LogP contribution is -2.44. The Morgan fingerprint density at radius 1 is 1.04 bits per heavy atom. The molecule has 0 aromatic heterocycles. The number of nitrogens with zero attached hydrogens (tertiary/aromatic N) is 1. The number of para-hydroxylation sites is 1. The minimum absolute atomic E-state index is 0.195. The van der Waals surface area contributed by atoms with E-state index in [-0.39, 0.29) is 23.9 Å². The Labute approximate surface area is 160 Å². The van der Waals surface area contributed by atoms with Crippen LogP contribution in [0.4, 0.5) is 10.5 Å². The van der Waals surface area contributed by atoms with Gasteiger partial charge in [0, 0.05) is 12.2 Å². The van der Waals surface area contributed by atoms with Gasteiger partial charge in [-0.05, 0) is 23.6 Å². The Balaban J connectivity index is 1.84. The number of imide groups is 1. The third-order valence-electron chi connectivity index (χ3n) is 4.37. The monoisotopic (exact) mass is 363 g/mol. The first kappa shape index (κ1) is 18.7. The van der Waals surface area contributed by atoms with E-state index in [0.717, 1.165) is 11.3 Å². The fourth-order valence-electron chi connectivity index (χ4n) is 3.07. The summed E-state index contributed by atoms with van der Waals surface area (Å²) in [5, 5.41) is 6.21. The van der Waals surface area contributed by atoms with Crippen LogP contribution in [0.15, 0.2) is 66.7 Å². The Bertz CT molecular complexity index is 803. The highest BCUT2D eigenvalue weighted by Gasteiger charge is 2.41. The summed E-state index contributed by atoms with van der Waals surface area (Å²) in [7, 11) is 0. The molecule has 2 aromatic carbocycles. The molecule has 0 bridgehead atoms. The smallest absolute Gasteiger partial charge is 0.324 e. The molecule has 0 spiro atoms. The molecule has 5 nitrogen and oxygen atoms in total. The van der Waals surface area contributed by atoms with E-state index in [1.54, 1.807) is 0 Å². The maximum atomic E-state index is 12.9. The van der Waals surface area contributed by atoms with Crippen LogP contribution in [0.5, 0.6) is 0 Å². The summed E-state index contributed by atoms with van der Waals surface area (Å²) in [5.41, 5.74) is 1.93. The van der Waals surface area contributed by atoms with Gasteiger partial charge in [-0.1, -0.05) is 74.5 Å². The summed E-state index contributed by atoms with van der Waals surface area (Å²) in [6, 6.07) is 18.2. The first-order valence-corrected chi connectivity index (χ1v) is 9.21. The van der Waals surface area contributed by atoms with Crippen LogP contribution >= 0.6 is 0 Å². The summed E-state index contributed by atoms with van der Waals surface area (Å²) in [5.74, 6) is 0.0266. The van der Waals surface area contributed by atoms with Gasteiger partial charge in [-0.25, -0.2) is 4.79 Å². The lowest BCUT2D eigenvalue weighted by atomic mass is 10.0. The first-order chi connectivity index (χ1) is 13.0. The zero-order valence-corrected chi connectivity index (χ0v) is 15.6. The van der Waals surface area contributed by atoms with Crippen LogP contribution < -0.4 is 10.6 Å². The molecule has 2 atom stereocenters. The SMILES string of the molecule is CC(C)CN1C(=O)N[C@H]([C@@H](/C=C/c2ccccc2)Nc2ccccc2)C1=O. The molecule has 0 radical (unpaired) electrons. The molecule has 1 aliphatic rings. The number of carbonyl (C=O) groups is 2. The molecule has 2 aromatic rings. The van der Waals surface area contributed by atoms with E-state index in [1.807, 2.05) is 86.7 Å². The second-order valence-electron chi connectivity index (χ2n) is 7.08. The number of carbonyl (C=O) groups excluding carboxylic acids is 2. The minimum atomic E-state index is -0.642. The van der Waals surface area contributed by atoms with Crippen LogP contribution in [0.1, 0.15) is 19.4 Å². The Kier molecular flexibility index (Phi) is 5.91. The van der Waals surface area contributed by atoms with E-state index in [2.05, 4.69) is 10.6 Å². The molecule has 5 heteroatoms. The molecule has 27 heavy (non-hydrogen) atoms. The van der Waals surface area contributed by atoms with Gasteiger partial charge in [0.05, 0.1) is 6.04 Å². The van der Waals surface area contributed by atoms with Crippen molar-refractivity contribution in [2.24, 2.45) is 5.92 Å². The van der Waals surface area contributed by atoms with Crippen molar-refractivity contribution in [2.75, 3.05) is 11.9 Å². The molecule has 0 aliphatic carbocycles. The van der Waals surface area contributed by atoms with Crippen LogP contribution in [0.25, 0.3) is 6.08 Å². The van der Waals surface area contributed by atoms with Crippen LogP contribution in [0.2, 0.25) is 0 Å². The fraction of sp³-hybridized carbons (Fsp3) is 0.273. The van der Waals surface area contributed by atoms with E-state index in [0.29, 0.717) is 6.54 Å². The molecule has 0 unspecified atom stereocenters. The van der Waals surface area contributed by atoms with E-state index in [1.165, 1.54) is 4.90 Å². The standard InChI is InChI=1S/C22H25N3O2/c1-16(2)15-25-21(26)20(24-22(25)27)19(23-18-11-7-4-8-12-18)14-13-17-9-5-3-6-10-17/h3-14,16,19-20,23H,15H2,1-2H3,(H,24,27)/b14-13+/t19-,20-/m1/s1. The largest absolute Gasteiger partial charge is 0.376 e. The lowest BCUT2D eigenvalue weighted by Gasteiger charge is -2.22. The number of rotatable bonds is 7. The summed E-state index contributed by atoms with van der Waals surface area (Å²) in [4.78, 5) is 26.5. The van der Waals surface area contributed by atoms with Crippen LogP contribution in [0.3, 0.4) is 0 Å². The highest BCUT2D eigenvalue weighted by Crippen LogP contribution is 2.18. The van der Waals surface area contributed by atoms with E-state index in [4.69, 9.17) is 0 Å². The van der Waals surface area contributed by atoms with Gasteiger partial charge in [0.1, 0.15) is 6.04 Å². The average molecular weight is 363 g/mol. The molecule has 1 fully saturated rings. The van der Waals surface area contributed by atoms with Gasteiger partial charge in [0.2, 0.25) is 0 Å². The zero-order valence-electron chi connectivity index (χ0n) is 15.6. The van der Waals surface area contributed by atoms with Crippen molar-refractivity contribution in [1.82, 2.24) is 10.2 Å². The van der Waals surface area contributed by atoms with Crippen molar-refractivity contribution >= 4 is 23.7 Å². The van der Waals surface area contributed by atoms with Gasteiger partial charge < -0.3 is 10.6 Å². The zero-order chi connectivity index (χ0) is 19.2. The summed E-state index contributed by atoms with van der Waals surface area (Å²) in [6.45, 7) is 4.40. The molecule has 1 heterocycles. The average Bonchev–Trinajstić information content (AvgIpc) is 2.94. The van der Waals surface area contributed by atoms with Gasteiger partial charge in [0.15, 0.2) is 0 Å². The highest BCUT2D eigenvalue weighted by atomic mass is 16.2. The van der Waals surface area contributed by atoms with Crippen molar-refractivity contribution in [1.29, 1.82) is 0 Å². The Morgan fingerprint density at radius 3 is 2.30 bits per heavy atom. The van der Waals surface area contributed by atoms with E-state index in [9.17, 15) is 9.59 Å². The van der Waals surface area contributed by atoms with Crippen molar-refractivity contribution in [3.05, 3.63) is 72.3 Å². The molecule has 1 saturated heterocycles. The van der Waals surface area contributed by atoms with Crippen molar-refractivity contribution in [3.8, 4) is 0 Å². The van der Waals surface area contributed by atoms with Crippen molar-refractivity contribution in [2.45, 2.75) is 25.9 Å². The number of amides is 3. The van der Waals surface area contributed by atoms with E-state index >= 15 is 0 Å². The predicted molar refractivity (Wildman–Crippen MR) is 108 cm³/mol. The molecule has 140 valence electrons. The number of hydrogen-bond acceptors (Lipinski definition) is 3. The van der Waals surface area contributed by atoms with Gasteiger partial charge in [0.25, 0.3) is 5.91 Å². The summed E-state index contributed by atoms with van der Waals surface area (Å²) >= 11 is 0. The highest BCUT2D eigenvalue weighted by molar-refractivity contribution is 6.05. The second kappa shape index (κ2) is 8.54. The van der Waals surface area contributed by atoms with Crippen molar-refractivity contribution < 1.29 is 9.59 Å². The maximum Gasteiger partial charge on any atom is 0.324 e. The minimum Gasteiger partial charge on any atom is -0.376 e. The number of urea groups is 1. The quantitative estimate of drug-likeness (QED) is 0.737. The van der Waals surface area contributed by atoms with Crippen LogP contribution in [-0.2, 0) is 4.79 Å². The molecule has 3 amide bonds. The second-order valence-corrected chi connectivity index (χ2v) is 7.08. The number of nitrogens with one attached hydrogen (secondary N) is 2. The fourth-order valence-corrected chi connectivity index (χ4v) is 3.07. The van der Waals surface area contributed by atoms with Crippen molar-refractivity contribution in [3.63, 3.8) is 0 Å². The summed E-state index contributed by atoms with van der Waals surface area (Å²) in [6.07, 6.45) is 3.90. The van der Waals surface area contributed by atoms with Crippen LogP contribution in [-0.4, -0.2) is 35.5 Å². The third-order valence-corrected chi connectivity index (χ3v) is 4.37. The van der Waals surface area contributed by atoms with Crippen LogP contribution in [0, 0.1) is 5.92 Å². The molecular weight excluding hydrogens is 338 g/mol. The number of hydrogen-bond donors (Lipinski definition) is 2. The van der Waals surface area contributed by atoms with Gasteiger partial charge in [-0.3, -0.25) is 9.69 Å². The Morgan fingerprint density at radius 2 is 1.67 bits per heavy atom. The van der Waals surface area contributed by atoms with E-state index < -0.39 is 6.04 Å². The molecule has 3 rings (SSSR count). The Hall–Kier alpha value is -3.08. The third kappa shape index (κ3) is 4.76. The molecular formula is C22H25N3O2. The first-order valence-electron chi connectivity index (χ1n) is 9.21. The predicted octanol–water partition coefficient (Wildman–Crippen LogP) is 3.76. The number of benzene rings is 2. The summed E-state index contributed by atoms with van der Waals surface area (Å²) < 4.78 is 0. The van der Waals surface area contributed by atoms with Gasteiger partial charge in [-0.15, -0.1) is 0 Å². The lowest BCUT2D eigenvalue weighted by molar-refractivity contribution is -0.127. The number of anilines is 1.